The van der Waals surface area contributed by atoms with Gasteiger partial charge >= 0.3 is 0 Å². The Bertz CT molecular complexity index is 672. The molecular formula is C15H12N2OS. The molecule has 0 radical (unpaired) electrons. The van der Waals surface area contributed by atoms with Crippen molar-refractivity contribution < 1.29 is 4.79 Å². The molecule has 94 valence electrons. The van der Waals surface area contributed by atoms with Crippen LogP contribution in [0.15, 0.2) is 54.0 Å². The minimum Gasteiger partial charge on any atom is -0.298 e. The molecule has 3 aromatic rings. The van der Waals surface area contributed by atoms with Crippen LogP contribution in [0, 0.1) is 0 Å². The van der Waals surface area contributed by atoms with Gasteiger partial charge in [-0.3, -0.25) is 9.48 Å². The highest BCUT2D eigenvalue weighted by atomic mass is 32.1. The number of rotatable bonds is 4. The van der Waals surface area contributed by atoms with Gasteiger partial charge in [-0.2, -0.15) is 5.10 Å². The average Bonchev–Trinajstić information content (AvgIpc) is 3.08. The summed E-state index contributed by atoms with van der Waals surface area (Å²) in [6, 6.07) is 14.0. The number of nitrogens with zero attached hydrogens (tertiary/aromatic N) is 2. The van der Waals surface area contributed by atoms with Crippen LogP contribution in [0.4, 0.5) is 0 Å². The number of thiophene rings is 1. The zero-order valence-corrected chi connectivity index (χ0v) is 11.0. The SMILES string of the molecule is O=Cc1cn(Cc2ccccc2)nc1-c1cccs1. The number of carbonyl (C=O) groups is 1. The third-order valence-electron chi connectivity index (χ3n) is 2.86. The fourth-order valence-electron chi connectivity index (χ4n) is 1.98. The van der Waals surface area contributed by atoms with Gasteiger partial charge in [-0.1, -0.05) is 36.4 Å². The molecular weight excluding hydrogens is 256 g/mol. The zero-order chi connectivity index (χ0) is 13.1. The van der Waals surface area contributed by atoms with Crippen LogP contribution in [0.25, 0.3) is 10.6 Å². The summed E-state index contributed by atoms with van der Waals surface area (Å²) < 4.78 is 1.81. The molecule has 0 bridgehead atoms. The Labute approximate surface area is 115 Å². The van der Waals surface area contributed by atoms with Crippen molar-refractivity contribution in [2.45, 2.75) is 6.54 Å². The van der Waals surface area contributed by atoms with Crippen LogP contribution in [0.3, 0.4) is 0 Å². The summed E-state index contributed by atoms with van der Waals surface area (Å²) in [4.78, 5) is 12.2. The van der Waals surface area contributed by atoms with Crippen LogP contribution in [-0.4, -0.2) is 16.1 Å². The Kier molecular flexibility index (Phi) is 3.25. The molecule has 0 atom stereocenters. The summed E-state index contributed by atoms with van der Waals surface area (Å²) in [5, 5.41) is 6.50. The van der Waals surface area contributed by atoms with Gasteiger partial charge in [0.15, 0.2) is 6.29 Å². The van der Waals surface area contributed by atoms with Crippen LogP contribution in [0.1, 0.15) is 15.9 Å². The molecule has 0 N–H and O–H groups in total. The largest absolute Gasteiger partial charge is 0.298 e. The van der Waals surface area contributed by atoms with E-state index in [1.807, 2.05) is 52.5 Å². The van der Waals surface area contributed by atoms with E-state index in [1.165, 1.54) is 5.56 Å². The van der Waals surface area contributed by atoms with Crippen molar-refractivity contribution in [2.75, 3.05) is 0 Å². The van der Waals surface area contributed by atoms with Gasteiger partial charge in [0.05, 0.1) is 17.0 Å². The van der Waals surface area contributed by atoms with Gasteiger partial charge in [0, 0.05) is 6.20 Å². The molecule has 3 nitrogen and oxygen atoms in total. The van der Waals surface area contributed by atoms with Gasteiger partial charge in [0.2, 0.25) is 0 Å². The highest BCUT2D eigenvalue weighted by molar-refractivity contribution is 7.13. The first-order valence-electron chi connectivity index (χ1n) is 5.97. The number of hydrogen-bond acceptors (Lipinski definition) is 3. The minimum absolute atomic E-state index is 0.637. The van der Waals surface area contributed by atoms with Crippen LogP contribution in [0.5, 0.6) is 0 Å². The van der Waals surface area contributed by atoms with E-state index in [0.29, 0.717) is 12.1 Å². The zero-order valence-electron chi connectivity index (χ0n) is 10.2. The van der Waals surface area contributed by atoms with E-state index in [1.54, 1.807) is 17.5 Å². The Morgan fingerprint density at radius 2 is 2.00 bits per heavy atom. The highest BCUT2D eigenvalue weighted by Gasteiger charge is 2.11. The fraction of sp³-hybridized carbons (Fsp3) is 0.0667. The van der Waals surface area contributed by atoms with Crippen molar-refractivity contribution in [3.8, 4) is 10.6 Å². The van der Waals surface area contributed by atoms with Crippen molar-refractivity contribution in [1.29, 1.82) is 0 Å². The Hall–Kier alpha value is -2.20. The third kappa shape index (κ3) is 2.48. The van der Waals surface area contributed by atoms with E-state index >= 15 is 0 Å². The summed E-state index contributed by atoms with van der Waals surface area (Å²) in [7, 11) is 0. The van der Waals surface area contributed by atoms with Crippen LogP contribution in [0.2, 0.25) is 0 Å². The lowest BCUT2D eigenvalue weighted by Crippen LogP contribution is -1.99. The third-order valence-corrected chi connectivity index (χ3v) is 3.74. The molecule has 0 saturated heterocycles. The maximum absolute atomic E-state index is 11.1. The van der Waals surface area contributed by atoms with Gasteiger partial charge in [-0.25, -0.2) is 0 Å². The van der Waals surface area contributed by atoms with Crippen LogP contribution < -0.4 is 0 Å². The predicted molar refractivity (Wildman–Crippen MR) is 76.5 cm³/mol. The Balaban J connectivity index is 1.94. The first-order valence-corrected chi connectivity index (χ1v) is 6.85. The van der Waals surface area contributed by atoms with Crippen molar-refractivity contribution in [3.63, 3.8) is 0 Å². The summed E-state index contributed by atoms with van der Waals surface area (Å²) in [5.74, 6) is 0. The number of benzene rings is 1. The number of aromatic nitrogens is 2. The lowest BCUT2D eigenvalue weighted by molar-refractivity contribution is 0.112. The topological polar surface area (TPSA) is 34.9 Å². The van der Waals surface area contributed by atoms with Crippen molar-refractivity contribution >= 4 is 17.6 Å². The van der Waals surface area contributed by atoms with Gasteiger partial charge in [0.1, 0.15) is 5.69 Å². The van der Waals surface area contributed by atoms with E-state index in [9.17, 15) is 4.79 Å². The molecule has 2 aromatic heterocycles. The maximum atomic E-state index is 11.1. The molecule has 0 amide bonds. The molecule has 0 spiro atoms. The van der Waals surface area contributed by atoms with Gasteiger partial charge < -0.3 is 0 Å². The van der Waals surface area contributed by atoms with Crippen molar-refractivity contribution in [1.82, 2.24) is 9.78 Å². The molecule has 3 rings (SSSR count). The first kappa shape index (κ1) is 11.9. The minimum atomic E-state index is 0.637. The standard InChI is InChI=1S/C15H12N2OS/c18-11-13-10-17(9-12-5-2-1-3-6-12)16-15(13)14-7-4-8-19-14/h1-8,10-11H,9H2. The van der Waals surface area contributed by atoms with E-state index in [-0.39, 0.29) is 0 Å². The molecule has 0 aliphatic carbocycles. The van der Waals surface area contributed by atoms with Crippen molar-refractivity contribution in [2.24, 2.45) is 0 Å². The number of hydrogen-bond donors (Lipinski definition) is 0. The molecule has 4 heteroatoms. The molecule has 0 saturated carbocycles. The Morgan fingerprint density at radius 3 is 2.68 bits per heavy atom. The van der Waals surface area contributed by atoms with Crippen LogP contribution >= 0.6 is 11.3 Å². The Morgan fingerprint density at radius 1 is 1.16 bits per heavy atom. The highest BCUT2D eigenvalue weighted by Crippen LogP contribution is 2.25. The molecule has 1 aromatic carbocycles. The molecule has 2 heterocycles. The lowest BCUT2D eigenvalue weighted by atomic mass is 10.2. The molecule has 0 unspecified atom stereocenters. The second kappa shape index (κ2) is 5.20. The molecule has 0 aliphatic rings. The number of carbonyl (C=O) groups excluding carboxylic acids is 1. The quantitative estimate of drug-likeness (QED) is 0.679. The van der Waals surface area contributed by atoms with E-state index in [0.717, 1.165) is 16.9 Å². The van der Waals surface area contributed by atoms with E-state index in [4.69, 9.17) is 0 Å². The van der Waals surface area contributed by atoms with E-state index in [2.05, 4.69) is 5.10 Å². The molecule has 19 heavy (non-hydrogen) atoms. The fourth-order valence-corrected chi connectivity index (χ4v) is 2.71. The smallest absolute Gasteiger partial charge is 0.153 e. The van der Waals surface area contributed by atoms with Gasteiger partial charge in [-0.15, -0.1) is 11.3 Å². The monoisotopic (exact) mass is 268 g/mol. The van der Waals surface area contributed by atoms with Gasteiger partial charge in [0.25, 0.3) is 0 Å². The molecule has 0 aliphatic heterocycles. The normalized spacial score (nSPS) is 10.5. The van der Waals surface area contributed by atoms with Gasteiger partial charge in [-0.05, 0) is 17.0 Å². The van der Waals surface area contributed by atoms with Crippen LogP contribution in [-0.2, 0) is 6.54 Å². The molecule has 0 fully saturated rings. The second-order valence-electron chi connectivity index (χ2n) is 4.21. The summed E-state index contributed by atoms with van der Waals surface area (Å²) >= 11 is 1.59. The predicted octanol–water partition coefficient (Wildman–Crippen LogP) is 3.47. The van der Waals surface area contributed by atoms with Crippen molar-refractivity contribution in [3.05, 3.63) is 65.2 Å². The summed E-state index contributed by atoms with van der Waals surface area (Å²) in [6.07, 6.45) is 2.67. The summed E-state index contributed by atoms with van der Waals surface area (Å²) in [5.41, 5.74) is 2.57. The summed E-state index contributed by atoms with van der Waals surface area (Å²) in [6.45, 7) is 0.674. The number of aldehydes is 1. The average molecular weight is 268 g/mol. The maximum Gasteiger partial charge on any atom is 0.153 e. The first-order chi connectivity index (χ1) is 9.36. The van der Waals surface area contributed by atoms with E-state index < -0.39 is 0 Å². The lowest BCUT2D eigenvalue weighted by Gasteiger charge is -2.00. The second-order valence-corrected chi connectivity index (χ2v) is 5.16.